The van der Waals surface area contributed by atoms with E-state index in [-0.39, 0.29) is 17.5 Å². The van der Waals surface area contributed by atoms with Crippen molar-refractivity contribution in [2.75, 3.05) is 0 Å². The SMILES string of the molecule is CCCC1CC1NS(=O)(=O)c1cc(CO)ccc1Br. The number of hydrogen-bond donors (Lipinski definition) is 2. The van der Waals surface area contributed by atoms with Gasteiger partial charge in [-0.25, -0.2) is 13.1 Å². The predicted molar refractivity (Wildman–Crippen MR) is 77.2 cm³/mol. The Morgan fingerprint density at radius 2 is 2.21 bits per heavy atom. The number of hydrogen-bond acceptors (Lipinski definition) is 3. The molecule has 1 aromatic rings. The second kappa shape index (κ2) is 5.91. The molecule has 2 rings (SSSR count). The number of aliphatic hydroxyl groups excluding tert-OH is 1. The smallest absolute Gasteiger partial charge is 0.241 e. The molecule has 4 nitrogen and oxygen atoms in total. The molecule has 0 spiro atoms. The third kappa shape index (κ3) is 3.56. The van der Waals surface area contributed by atoms with Crippen molar-refractivity contribution in [3.8, 4) is 0 Å². The summed E-state index contributed by atoms with van der Waals surface area (Å²) < 4.78 is 27.8. The van der Waals surface area contributed by atoms with Gasteiger partial charge in [-0.05, 0) is 52.4 Å². The van der Waals surface area contributed by atoms with Gasteiger partial charge in [-0.2, -0.15) is 0 Å². The first-order valence-electron chi connectivity index (χ1n) is 6.39. The van der Waals surface area contributed by atoms with Crippen molar-refractivity contribution in [1.29, 1.82) is 0 Å². The Morgan fingerprint density at radius 1 is 1.47 bits per heavy atom. The molecule has 0 saturated heterocycles. The standard InChI is InChI=1S/C13H18BrNO3S/c1-2-3-10-7-12(10)15-19(17,18)13-6-9(8-16)4-5-11(13)14/h4-6,10,12,15-16H,2-3,7-8H2,1H3. The van der Waals surface area contributed by atoms with Crippen molar-refractivity contribution >= 4 is 26.0 Å². The van der Waals surface area contributed by atoms with Gasteiger partial charge >= 0.3 is 0 Å². The monoisotopic (exact) mass is 347 g/mol. The molecule has 2 unspecified atom stereocenters. The van der Waals surface area contributed by atoms with Crippen molar-refractivity contribution in [2.24, 2.45) is 5.92 Å². The Kier molecular flexibility index (Phi) is 4.66. The van der Waals surface area contributed by atoms with Crippen LogP contribution in [0.2, 0.25) is 0 Å². The zero-order chi connectivity index (χ0) is 14.0. The summed E-state index contributed by atoms with van der Waals surface area (Å²) in [6.45, 7) is 1.93. The van der Waals surface area contributed by atoms with E-state index in [9.17, 15) is 8.42 Å². The quantitative estimate of drug-likeness (QED) is 0.830. The van der Waals surface area contributed by atoms with Gasteiger partial charge in [0.2, 0.25) is 10.0 Å². The molecule has 0 aromatic heterocycles. The van der Waals surface area contributed by atoms with Gasteiger partial charge in [0, 0.05) is 10.5 Å². The summed E-state index contributed by atoms with van der Waals surface area (Å²) in [5.41, 5.74) is 0.587. The van der Waals surface area contributed by atoms with Crippen molar-refractivity contribution in [2.45, 2.75) is 43.7 Å². The molecule has 1 aliphatic rings. The van der Waals surface area contributed by atoms with Crippen LogP contribution in [0, 0.1) is 5.92 Å². The summed E-state index contributed by atoms with van der Waals surface area (Å²) in [6, 6.07) is 4.91. The number of aliphatic hydroxyl groups is 1. The lowest BCUT2D eigenvalue weighted by molar-refractivity contribution is 0.281. The van der Waals surface area contributed by atoms with E-state index in [1.165, 1.54) is 6.07 Å². The van der Waals surface area contributed by atoms with Crippen LogP contribution in [-0.4, -0.2) is 19.6 Å². The van der Waals surface area contributed by atoms with Gasteiger partial charge in [0.05, 0.1) is 11.5 Å². The Bertz CT molecular complexity index is 559. The van der Waals surface area contributed by atoms with Crippen LogP contribution >= 0.6 is 15.9 Å². The lowest BCUT2D eigenvalue weighted by Crippen LogP contribution is -2.27. The first kappa shape index (κ1) is 15.0. The lowest BCUT2D eigenvalue weighted by Gasteiger charge is -2.09. The molecule has 0 bridgehead atoms. The summed E-state index contributed by atoms with van der Waals surface area (Å²) >= 11 is 3.25. The fourth-order valence-electron chi connectivity index (χ4n) is 2.20. The molecule has 0 heterocycles. The normalized spacial score (nSPS) is 22.5. The second-order valence-corrected chi connectivity index (χ2v) is 7.47. The van der Waals surface area contributed by atoms with Gasteiger partial charge in [-0.3, -0.25) is 0 Å². The van der Waals surface area contributed by atoms with Crippen LogP contribution < -0.4 is 4.72 Å². The molecule has 1 aliphatic carbocycles. The second-order valence-electron chi connectivity index (χ2n) is 4.94. The molecule has 2 N–H and O–H groups in total. The largest absolute Gasteiger partial charge is 0.392 e. The van der Waals surface area contributed by atoms with Gasteiger partial charge in [0.25, 0.3) is 0 Å². The molecule has 106 valence electrons. The number of halogens is 1. The Balaban J connectivity index is 2.16. The molecule has 0 radical (unpaired) electrons. The molecule has 1 saturated carbocycles. The topological polar surface area (TPSA) is 66.4 Å². The van der Waals surface area contributed by atoms with Gasteiger partial charge in [-0.1, -0.05) is 19.4 Å². The molecule has 19 heavy (non-hydrogen) atoms. The minimum atomic E-state index is -3.52. The zero-order valence-electron chi connectivity index (χ0n) is 10.8. The van der Waals surface area contributed by atoms with Gasteiger partial charge in [-0.15, -0.1) is 0 Å². The highest BCUT2D eigenvalue weighted by atomic mass is 79.9. The van der Waals surface area contributed by atoms with Crippen LogP contribution in [0.1, 0.15) is 31.7 Å². The predicted octanol–water partition coefficient (Wildman–Crippen LogP) is 2.41. The Morgan fingerprint density at radius 3 is 2.84 bits per heavy atom. The maximum atomic E-state index is 12.3. The van der Waals surface area contributed by atoms with Crippen molar-refractivity contribution in [1.82, 2.24) is 4.72 Å². The van der Waals surface area contributed by atoms with Crippen LogP contribution in [0.15, 0.2) is 27.6 Å². The van der Waals surface area contributed by atoms with Crippen molar-refractivity contribution in [3.63, 3.8) is 0 Å². The van der Waals surface area contributed by atoms with Gasteiger partial charge in [0.1, 0.15) is 0 Å². The highest BCUT2D eigenvalue weighted by Gasteiger charge is 2.39. The molecular formula is C13H18BrNO3S. The van der Waals surface area contributed by atoms with Gasteiger partial charge < -0.3 is 5.11 Å². The molecule has 1 aromatic carbocycles. The third-order valence-electron chi connectivity index (χ3n) is 3.36. The zero-order valence-corrected chi connectivity index (χ0v) is 13.2. The molecule has 1 fully saturated rings. The van der Waals surface area contributed by atoms with Crippen LogP contribution in [0.3, 0.4) is 0 Å². The average molecular weight is 348 g/mol. The van der Waals surface area contributed by atoms with Crippen LogP contribution in [0.4, 0.5) is 0 Å². The summed E-state index contributed by atoms with van der Waals surface area (Å²) in [5.74, 6) is 0.472. The van der Waals surface area contributed by atoms with Crippen molar-refractivity contribution in [3.05, 3.63) is 28.2 Å². The highest BCUT2D eigenvalue weighted by Crippen LogP contribution is 2.36. The lowest BCUT2D eigenvalue weighted by atomic mass is 10.2. The number of nitrogens with one attached hydrogen (secondary N) is 1. The van der Waals surface area contributed by atoms with Crippen LogP contribution in [0.25, 0.3) is 0 Å². The minimum absolute atomic E-state index is 0.0645. The maximum Gasteiger partial charge on any atom is 0.241 e. The maximum absolute atomic E-state index is 12.3. The number of benzene rings is 1. The first-order chi connectivity index (χ1) is 8.97. The van der Waals surface area contributed by atoms with Crippen LogP contribution in [0.5, 0.6) is 0 Å². The third-order valence-corrected chi connectivity index (χ3v) is 5.84. The van der Waals surface area contributed by atoms with Crippen molar-refractivity contribution < 1.29 is 13.5 Å². The number of rotatable bonds is 6. The molecule has 0 amide bonds. The summed E-state index contributed by atoms with van der Waals surface area (Å²) in [6.07, 6.45) is 3.06. The summed E-state index contributed by atoms with van der Waals surface area (Å²) in [4.78, 5) is 0.196. The molecular weight excluding hydrogens is 330 g/mol. The fraction of sp³-hybridized carbons (Fsp3) is 0.538. The average Bonchev–Trinajstić information content (AvgIpc) is 3.07. The fourth-order valence-corrected chi connectivity index (χ4v) is 4.53. The van der Waals surface area contributed by atoms with E-state index in [1.807, 2.05) is 0 Å². The molecule has 2 atom stereocenters. The van der Waals surface area contributed by atoms with E-state index in [0.717, 1.165) is 19.3 Å². The Hall–Kier alpha value is -0.430. The summed E-state index contributed by atoms with van der Waals surface area (Å²) in [7, 11) is -3.52. The van der Waals surface area contributed by atoms with Gasteiger partial charge in [0.15, 0.2) is 0 Å². The van der Waals surface area contributed by atoms with E-state index in [4.69, 9.17) is 5.11 Å². The minimum Gasteiger partial charge on any atom is -0.392 e. The Labute approximate surface area is 122 Å². The highest BCUT2D eigenvalue weighted by molar-refractivity contribution is 9.10. The van der Waals surface area contributed by atoms with E-state index >= 15 is 0 Å². The van der Waals surface area contributed by atoms with E-state index in [1.54, 1.807) is 12.1 Å². The van der Waals surface area contributed by atoms with E-state index in [0.29, 0.717) is 16.0 Å². The van der Waals surface area contributed by atoms with E-state index in [2.05, 4.69) is 27.6 Å². The first-order valence-corrected chi connectivity index (χ1v) is 8.67. The number of sulfonamides is 1. The summed E-state index contributed by atoms with van der Waals surface area (Å²) in [5, 5.41) is 9.09. The van der Waals surface area contributed by atoms with E-state index < -0.39 is 10.0 Å². The van der Waals surface area contributed by atoms with Crippen LogP contribution in [-0.2, 0) is 16.6 Å². The molecule has 6 heteroatoms. The molecule has 0 aliphatic heterocycles.